The topological polar surface area (TPSA) is 41.5 Å². The minimum absolute atomic E-state index is 0.306. The molecule has 0 aromatic heterocycles. The number of nitrogens with one attached hydrogen (secondary N) is 1. The lowest BCUT2D eigenvalue weighted by Crippen LogP contribution is -2.23. The molecule has 0 saturated carbocycles. The Morgan fingerprint density at radius 3 is 2.94 bits per heavy atom. The molecule has 0 amide bonds. The zero-order chi connectivity index (χ0) is 12.4. The monoisotopic (exact) mass is 255 g/mol. The van der Waals surface area contributed by atoms with Crippen LogP contribution in [0, 0.1) is 6.92 Å². The van der Waals surface area contributed by atoms with E-state index in [0.717, 1.165) is 24.9 Å². The molecule has 17 heavy (non-hydrogen) atoms. The number of aromatic hydroxyl groups is 1. The molecule has 1 saturated heterocycles. The van der Waals surface area contributed by atoms with Gasteiger partial charge in [-0.3, -0.25) is 0 Å². The fourth-order valence-corrected chi connectivity index (χ4v) is 2.77. The van der Waals surface area contributed by atoms with E-state index < -0.39 is 0 Å². The lowest BCUT2D eigenvalue weighted by atomic mass is 10.0. The zero-order valence-electron chi connectivity index (χ0n) is 10.2. The van der Waals surface area contributed by atoms with Crippen LogP contribution < -0.4 is 10.1 Å². The van der Waals surface area contributed by atoms with Gasteiger partial charge in [0.15, 0.2) is 0 Å². The summed E-state index contributed by atoms with van der Waals surface area (Å²) in [4.78, 5) is 0. The van der Waals surface area contributed by atoms with Gasteiger partial charge in [-0.05, 0) is 44.4 Å². The molecule has 1 atom stereocenters. The van der Waals surface area contributed by atoms with Gasteiger partial charge in [-0.25, -0.2) is 0 Å². The number of benzene rings is 1. The van der Waals surface area contributed by atoms with E-state index in [9.17, 15) is 5.11 Å². The summed E-state index contributed by atoms with van der Waals surface area (Å²) < 4.78 is 5.17. The van der Waals surface area contributed by atoms with Gasteiger partial charge in [0.05, 0.1) is 12.1 Å². The fraction of sp³-hybridized carbons (Fsp3) is 0.538. The Morgan fingerprint density at radius 1 is 1.59 bits per heavy atom. The lowest BCUT2D eigenvalue weighted by molar-refractivity contribution is 0.400. The number of hydrogen-bond donors (Lipinski definition) is 2. The van der Waals surface area contributed by atoms with Gasteiger partial charge in [0.1, 0.15) is 11.5 Å². The van der Waals surface area contributed by atoms with Gasteiger partial charge in [-0.2, -0.15) is 0 Å². The summed E-state index contributed by atoms with van der Waals surface area (Å²) in [5.41, 5.74) is 1.61. The predicted octanol–water partition coefficient (Wildman–Crippen LogP) is 2.66. The molecular weight excluding hydrogens is 238 g/mol. The number of phenols is 1. The predicted molar refractivity (Wildman–Crippen MR) is 69.1 cm³/mol. The molecule has 1 aromatic rings. The Bertz CT molecular complexity index is 414. The summed E-state index contributed by atoms with van der Waals surface area (Å²) in [6, 6.07) is 2.26. The number of rotatable bonds is 3. The molecule has 3 nitrogen and oxygen atoms in total. The highest BCUT2D eigenvalue weighted by Crippen LogP contribution is 2.37. The van der Waals surface area contributed by atoms with Crippen molar-refractivity contribution in [2.45, 2.75) is 32.2 Å². The van der Waals surface area contributed by atoms with Crippen LogP contribution >= 0.6 is 11.6 Å². The third-order valence-electron chi connectivity index (χ3n) is 3.35. The summed E-state index contributed by atoms with van der Waals surface area (Å²) in [5, 5.41) is 14.1. The fourth-order valence-electron chi connectivity index (χ4n) is 2.42. The molecule has 0 bridgehead atoms. The molecule has 1 unspecified atom stereocenters. The van der Waals surface area contributed by atoms with Gasteiger partial charge < -0.3 is 15.2 Å². The maximum atomic E-state index is 10.1. The number of methoxy groups -OCH3 is 1. The van der Waals surface area contributed by atoms with E-state index in [-0.39, 0.29) is 0 Å². The van der Waals surface area contributed by atoms with Crippen LogP contribution in [-0.4, -0.2) is 24.8 Å². The van der Waals surface area contributed by atoms with Gasteiger partial charge >= 0.3 is 0 Å². The van der Waals surface area contributed by atoms with Crippen molar-refractivity contribution >= 4 is 11.6 Å². The van der Waals surface area contributed by atoms with Gasteiger partial charge in [0.25, 0.3) is 0 Å². The lowest BCUT2D eigenvalue weighted by Gasteiger charge is -2.16. The van der Waals surface area contributed by atoms with Gasteiger partial charge in [0, 0.05) is 11.6 Å². The first kappa shape index (κ1) is 12.5. The van der Waals surface area contributed by atoms with Crippen LogP contribution in [0.3, 0.4) is 0 Å². The zero-order valence-corrected chi connectivity index (χ0v) is 11.0. The van der Waals surface area contributed by atoms with E-state index in [1.54, 1.807) is 7.11 Å². The number of hydrogen-bond acceptors (Lipinski definition) is 3. The van der Waals surface area contributed by atoms with Crippen LogP contribution in [0.1, 0.15) is 24.0 Å². The average Bonchev–Trinajstić information content (AvgIpc) is 2.79. The maximum absolute atomic E-state index is 10.1. The Balaban J connectivity index is 2.28. The summed E-state index contributed by atoms with van der Waals surface area (Å²) in [6.45, 7) is 2.89. The minimum atomic E-state index is 0.306. The summed E-state index contributed by atoms with van der Waals surface area (Å²) in [6.07, 6.45) is 3.17. The SMILES string of the molecule is COc1c(Cl)cc(CC2CCCN2)c(O)c1C. The van der Waals surface area contributed by atoms with Crippen molar-refractivity contribution in [2.75, 3.05) is 13.7 Å². The second kappa shape index (κ2) is 5.15. The Hall–Kier alpha value is -0.930. The van der Waals surface area contributed by atoms with Crippen LogP contribution in [0.25, 0.3) is 0 Å². The molecule has 0 aliphatic carbocycles. The first-order valence-corrected chi connectivity index (χ1v) is 6.29. The van der Waals surface area contributed by atoms with Crippen LogP contribution in [0.2, 0.25) is 5.02 Å². The molecule has 0 radical (unpaired) electrons. The minimum Gasteiger partial charge on any atom is -0.507 e. The third-order valence-corrected chi connectivity index (χ3v) is 3.63. The van der Waals surface area contributed by atoms with Crippen LogP contribution in [-0.2, 0) is 6.42 Å². The van der Waals surface area contributed by atoms with E-state index in [4.69, 9.17) is 16.3 Å². The molecule has 4 heteroatoms. The molecule has 1 aliphatic heterocycles. The highest BCUT2D eigenvalue weighted by atomic mass is 35.5. The van der Waals surface area contributed by atoms with Crippen molar-refractivity contribution < 1.29 is 9.84 Å². The largest absolute Gasteiger partial charge is 0.507 e. The van der Waals surface area contributed by atoms with Crippen molar-refractivity contribution in [3.05, 3.63) is 22.2 Å². The van der Waals surface area contributed by atoms with Crippen LogP contribution in [0.15, 0.2) is 6.07 Å². The molecule has 1 aromatic carbocycles. The molecule has 1 aliphatic rings. The molecule has 0 spiro atoms. The van der Waals surface area contributed by atoms with Crippen molar-refractivity contribution in [2.24, 2.45) is 0 Å². The van der Waals surface area contributed by atoms with E-state index in [2.05, 4.69) is 5.32 Å². The molecule has 1 fully saturated rings. The maximum Gasteiger partial charge on any atom is 0.144 e. The van der Waals surface area contributed by atoms with Crippen molar-refractivity contribution in [1.29, 1.82) is 0 Å². The molecule has 2 rings (SSSR count). The quantitative estimate of drug-likeness (QED) is 0.873. The van der Waals surface area contributed by atoms with Crippen LogP contribution in [0.4, 0.5) is 0 Å². The normalized spacial score (nSPS) is 19.6. The first-order valence-electron chi connectivity index (χ1n) is 5.91. The number of halogens is 1. The van der Waals surface area contributed by atoms with E-state index >= 15 is 0 Å². The Kier molecular flexibility index (Phi) is 3.79. The second-order valence-electron chi connectivity index (χ2n) is 4.52. The van der Waals surface area contributed by atoms with E-state index in [1.165, 1.54) is 6.42 Å². The van der Waals surface area contributed by atoms with Crippen molar-refractivity contribution in [3.63, 3.8) is 0 Å². The van der Waals surface area contributed by atoms with E-state index in [0.29, 0.717) is 28.1 Å². The van der Waals surface area contributed by atoms with E-state index in [1.807, 2.05) is 13.0 Å². The first-order chi connectivity index (χ1) is 8.13. The third kappa shape index (κ3) is 2.50. The summed E-state index contributed by atoms with van der Waals surface area (Å²) in [7, 11) is 1.56. The molecule has 94 valence electrons. The summed E-state index contributed by atoms with van der Waals surface area (Å²) >= 11 is 6.14. The van der Waals surface area contributed by atoms with Gasteiger partial charge in [-0.1, -0.05) is 11.6 Å². The number of ether oxygens (including phenoxy) is 1. The highest BCUT2D eigenvalue weighted by Gasteiger charge is 2.19. The molecule has 2 N–H and O–H groups in total. The average molecular weight is 256 g/mol. The van der Waals surface area contributed by atoms with Crippen molar-refractivity contribution in [1.82, 2.24) is 5.32 Å². The van der Waals surface area contributed by atoms with Crippen LogP contribution in [0.5, 0.6) is 11.5 Å². The molecular formula is C13H18ClNO2. The Labute approximate surface area is 107 Å². The number of phenolic OH excluding ortho intramolecular Hbond substituents is 1. The standard InChI is InChI=1S/C13H18ClNO2/c1-8-12(16)9(6-10-4-3-5-15-10)7-11(14)13(8)17-2/h7,10,15-16H,3-6H2,1-2H3. The van der Waals surface area contributed by atoms with Crippen molar-refractivity contribution in [3.8, 4) is 11.5 Å². The smallest absolute Gasteiger partial charge is 0.144 e. The highest BCUT2D eigenvalue weighted by molar-refractivity contribution is 6.32. The Morgan fingerprint density at radius 2 is 2.35 bits per heavy atom. The van der Waals surface area contributed by atoms with Gasteiger partial charge in [0.2, 0.25) is 0 Å². The molecule has 1 heterocycles. The summed E-state index contributed by atoms with van der Waals surface area (Å²) in [5.74, 6) is 0.868. The van der Waals surface area contributed by atoms with Gasteiger partial charge in [-0.15, -0.1) is 0 Å². The second-order valence-corrected chi connectivity index (χ2v) is 4.93.